The Labute approximate surface area is 67.0 Å². The highest BCUT2D eigenvalue weighted by Crippen LogP contribution is 2.18. The highest BCUT2D eigenvalue weighted by molar-refractivity contribution is 14.1. The fraction of sp³-hybridized carbons (Fsp3) is 0.333. The summed E-state index contributed by atoms with van der Waals surface area (Å²) in [5.74, 6) is 0. The van der Waals surface area contributed by atoms with Crippen LogP contribution in [0.5, 0.6) is 0 Å². The van der Waals surface area contributed by atoms with Gasteiger partial charge in [-0.3, -0.25) is 0 Å². The summed E-state index contributed by atoms with van der Waals surface area (Å²) in [6.07, 6.45) is 3.64. The molecule has 0 heterocycles. The summed E-state index contributed by atoms with van der Waals surface area (Å²) in [7, 11) is 0. The number of allylic oxidation sites excluding steroid dienone is 2. The minimum absolute atomic E-state index is 0.712. The normalized spacial score (nSPS) is 34.3. The lowest BCUT2D eigenvalue weighted by Gasteiger charge is -2.16. The fourth-order valence-electron chi connectivity index (χ4n) is 0.628. The number of hydrogen-bond acceptors (Lipinski definition) is 2. The molecular weight excluding hydrogens is 231 g/mol. The molecule has 50 valence electrons. The van der Waals surface area contributed by atoms with E-state index in [-0.39, 0.29) is 0 Å². The van der Waals surface area contributed by atoms with Gasteiger partial charge in [0.25, 0.3) is 0 Å². The summed E-state index contributed by atoms with van der Waals surface area (Å²) in [6.45, 7) is 0. The van der Waals surface area contributed by atoms with Gasteiger partial charge in [-0.1, -0.05) is 18.2 Å². The van der Waals surface area contributed by atoms with Crippen molar-refractivity contribution in [1.82, 2.24) is 0 Å². The molecule has 2 nitrogen and oxygen atoms in total. The Kier molecular flexibility index (Phi) is 2.26. The van der Waals surface area contributed by atoms with E-state index in [0.29, 0.717) is 0 Å². The SMILES string of the molecule is O[C@H]1C=CC=C(I)[C@@H]1O. The first-order valence-corrected chi connectivity index (χ1v) is 3.69. The Bertz CT molecular complexity index is 162. The van der Waals surface area contributed by atoms with Crippen LogP contribution in [0.1, 0.15) is 0 Å². The molecule has 0 aromatic carbocycles. The standard InChI is InChI=1S/C6H7IO2/c7-4-2-1-3-5(8)6(4)9/h1-3,5-6,8-9H/t5-,6-/m0/s1. The van der Waals surface area contributed by atoms with Crippen molar-refractivity contribution >= 4 is 22.6 Å². The van der Waals surface area contributed by atoms with Crippen LogP contribution < -0.4 is 0 Å². The molecule has 0 fully saturated rings. The van der Waals surface area contributed by atoms with Crippen LogP contribution in [0.4, 0.5) is 0 Å². The molecule has 2 atom stereocenters. The lowest BCUT2D eigenvalue weighted by Crippen LogP contribution is -2.25. The van der Waals surface area contributed by atoms with E-state index in [4.69, 9.17) is 10.2 Å². The van der Waals surface area contributed by atoms with Gasteiger partial charge in [0, 0.05) is 3.58 Å². The third-order valence-electron chi connectivity index (χ3n) is 1.17. The molecule has 0 saturated carbocycles. The largest absolute Gasteiger partial charge is 0.386 e. The predicted molar refractivity (Wildman–Crippen MR) is 43.3 cm³/mol. The Balaban J connectivity index is 2.73. The van der Waals surface area contributed by atoms with Crippen molar-refractivity contribution in [1.29, 1.82) is 0 Å². The molecule has 0 amide bonds. The van der Waals surface area contributed by atoms with Crippen LogP contribution in [0.2, 0.25) is 0 Å². The van der Waals surface area contributed by atoms with Crippen LogP contribution in [0.3, 0.4) is 0 Å². The summed E-state index contributed by atoms with van der Waals surface area (Å²) in [5.41, 5.74) is 0. The molecule has 1 rings (SSSR count). The third-order valence-corrected chi connectivity index (χ3v) is 2.17. The van der Waals surface area contributed by atoms with Crippen LogP contribution in [0.25, 0.3) is 0 Å². The molecule has 0 radical (unpaired) electrons. The van der Waals surface area contributed by atoms with Gasteiger partial charge in [-0.15, -0.1) is 0 Å². The van der Waals surface area contributed by atoms with Crippen molar-refractivity contribution in [2.45, 2.75) is 12.2 Å². The number of aliphatic hydroxyl groups excluding tert-OH is 2. The first kappa shape index (κ1) is 7.24. The Morgan fingerprint density at radius 1 is 1.44 bits per heavy atom. The van der Waals surface area contributed by atoms with Gasteiger partial charge < -0.3 is 10.2 Å². The van der Waals surface area contributed by atoms with Crippen molar-refractivity contribution in [3.63, 3.8) is 0 Å². The maximum Gasteiger partial charge on any atom is 0.114 e. The zero-order valence-electron chi connectivity index (χ0n) is 4.66. The second-order valence-corrected chi connectivity index (χ2v) is 3.12. The van der Waals surface area contributed by atoms with Crippen LogP contribution in [-0.2, 0) is 0 Å². The maximum atomic E-state index is 9.07. The molecule has 9 heavy (non-hydrogen) atoms. The zero-order valence-corrected chi connectivity index (χ0v) is 6.82. The highest BCUT2D eigenvalue weighted by atomic mass is 127. The van der Waals surface area contributed by atoms with E-state index in [9.17, 15) is 0 Å². The zero-order chi connectivity index (χ0) is 6.85. The minimum atomic E-state index is -0.720. The number of hydrogen-bond donors (Lipinski definition) is 2. The quantitative estimate of drug-likeness (QED) is 0.606. The molecule has 0 spiro atoms. The molecule has 1 aliphatic rings. The van der Waals surface area contributed by atoms with E-state index < -0.39 is 12.2 Å². The highest BCUT2D eigenvalue weighted by Gasteiger charge is 2.17. The van der Waals surface area contributed by atoms with Crippen LogP contribution in [0.15, 0.2) is 21.8 Å². The second kappa shape index (κ2) is 2.81. The number of rotatable bonds is 0. The fourth-order valence-corrected chi connectivity index (χ4v) is 1.20. The van der Waals surface area contributed by atoms with E-state index in [1.807, 2.05) is 22.6 Å². The smallest absolute Gasteiger partial charge is 0.114 e. The van der Waals surface area contributed by atoms with Crippen LogP contribution in [-0.4, -0.2) is 22.4 Å². The molecular formula is C6H7IO2. The first-order valence-electron chi connectivity index (χ1n) is 2.62. The molecule has 0 aromatic heterocycles. The Morgan fingerprint density at radius 3 is 2.56 bits per heavy atom. The summed E-state index contributed by atoms with van der Waals surface area (Å²) < 4.78 is 0.780. The molecule has 0 saturated heterocycles. The first-order chi connectivity index (χ1) is 4.22. The van der Waals surface area contributed by atoms with Gasteiger partial charge in [-0.25, -0.2) is 0 Å². The second-order valence-electron chi connectivity index (χ2n) is 1.87. The third kappa shape index (κ3) is 1.53. The van der Waals surface area contributed by atoms with Gasteiger partial charge in [0.2, 0.25) is 0 Å². The predicted octanol–water partition coefficient (Wildman–Crippen LogP) is 0.597. The van der Waals surface area contributed by atoms with Crippen LogP contribution in [0, 0.1) is 0 Å². The number of halogens is 1. The van der Waals surface area contributed by atoms with Gasteiger partial charge in [0.15, 0.2) is 0 Å². The molecule has 3 heteroatoms. The van der Waals surface area contributed by atoms with Gasteiger partial charge in [0.05, 0.1) is 0 Å². The lowest BCUT2D eigenvalue weighted by molar-refractivity contribution is 0.0782. The summed E-state index contributed by atoms with van der Waals surface area (Å²) in [4.78, 5) is 0. The van der Waals surface area contributed by atoms with E-state index >= 15 is 0 Å². The van der Waals surface area contributed by atoms with E-state index in [1.54, 1.807) is 18.2 Å². The summed E-state index contributed by atoms with van der Waals surface area (Å²) in [5, 5.41) is 18.0. The molecule has 1 aliphatic carbocycles. The minimum Gasteiger partial charge on any atom is -0.386 e. The van der Waals surface area contributed by atoms with Gasteiger partial charge in [0.1, 0.15) is 12.2 Å². The summed E-state index contributed by atoms with van der Waals surface area (Å²) >= 11 is 2.00. The van der Waals surface area contributed by atoms with Gasteiger partial charge >= 0.3 is 0 Å². The number of aliphatic hydroxyl groups is 2. The van der Waals surface area contributed by atoms with Crippen molar-refractivity contribution < 1.29 is 10.2 Å². The van der Waals surface area contributed by atoms with Crippen molar-refractivity contribution in [3.8, 4) is 0 Å². The van der Waals surface area contributed by atoms with Gasteiger partial charge in [-0.05, 0) is 22.6 Å². The van der Waals surface area contributed by atoms with E-state index in [0.717, 1.165) is 3.58 Å². The van der Waals surface area contributed by atoms with E-state index in [2.05, 4.69) is 0 Å². The Hall–Kier alpha value is 0.130. The van der Waals surface area contributed by atoms with E-state index in [1.165, 1.54) is 0 Å². The van der Waals surface area contributed by atoms with Gasteiger partial charge in [-0.2, -0.15) is 0 Å². The molecule has 0 unspecified atom stereocenters. The maximum absolute atomic E-state index is 9.07. The summed E-state index contributed by atoms with van der Waals surface area (Å²) in [6, 6.07) is 0. The molecule has 0 aromatic rings. The van der Waals surface area contributed by atoms with Crippen molar-refractivity contribution in [3.05, 3.63) is 21.8 Å². The average Bonchev–Trinajstić information content (AvgIpc) is 1.83. The topological polar surface area (TPSA) is 40.5 Å². The Morgan fingerprint density at radius 2 is 2.11 bits per heavy atom. The molecule has 0 aliphatic heterocycles. The monoisotopic (exact) mass is 238 g/mol. The average molecular weight is 238 g/mol. The van der Waals surface area contributed by atoms with Crippen LogP contribution >= 0.6 is 22.6 Å². The van der Waals surface area contributed by atoms with Crippen molar-refractivity contribution in [2.75, 3.05) is 0 Å². The lowest BCUT2D eigenvalue weighted by atomic mass is 10.1. The van der Waals surface area contributed by atoms with Crippen molar-refractivity contribution in [2.24, 2.45) is 0 Å². The molecule has 2 N–H and O–H groups in total. The molecule has 0 bridgehead atoms.